The highest BCUT2D eigenvalue weighted by atomic mass is 16.7. The number of hydrogen-bond acceptors (Lipinski definition) is 4. The number of carbonyl (C=O) groups is 2. The summed E-state index contributed by atoms with van der Waals surface area (Å²) in [7, 11) is 0. The largest absolute Gasteiger partial charge is 0.454 e. The topological polar surface area (TPSA) is 67.9 Å². The molecule has 0 bridgehead atoms. The van der Waals surface area contributed by atoms with E-state index in [0.717, 1.165) is 11.1 Å². The molecule has 2 amide bonds. The van der Waals surface area contributed by atoms with Crippen molar-refractivity contribution in [2.45, 2.75) is 38.4 Å². The van der Waals surface area contributed by atoms with E-state index in [1.165, 1.54) is 0 Å². The van der Waals surface area contributed by atoms with Crippen LogP contribution in [-0.2, 0) is 22.7 Å². The molecule has 1 fully saturated rings. The van der Waals surface area contributed by atoms with E-state index < -0.39 is 5.54 Å². The van der Waals surface area contributed by atoms with Crippen molar-refractivity contribution < 1.29 is 19.1 Å². The van der Waals surface area contributed by atoms with Crippen LogP contribution < -0.4 is 14.8 Å². The lowest BCUT2D eigenvalue weighted by atomic mass is 9.97. The average molecular weight is 366 g/mol. The lowest BCUT2D eigenvalue weighted by Crippen LogP contribution is -2.53. The van der Waals surface area contributed by atoms with Crippen LogP contribution in [0, 0.1) is 0 Å². The summed E-state index contributed by atoms with van der Waals surface area (Å²) in [5, 5.41) is 2.98. The zero-order chi connectivity index (χ0) is 18.9. The molecule has 0 aliphatic carbocycles. The zero-order valence-electron chi connectivity index (χ0n) is 15.2. The van der Waals surface area contributed by atoms with E-state index in [0.29, 0.717) is 37.4 Å². The SMILES string of the molecule is CC1(C(=O)NCc2ccccc2)CCC(=O)N1Cc1ccc2c(c1)OCO2. The van der Waals surface area contributed by atoms with Gasteiger partial charge in [-0.05, 0) is 36.6 Å². The van der Waals surface area contributed by atoms with E-state index >= 15 is 0 Å². The molecule has 0 saturated carbocycles. The van der Waals surface area contributed by atoms with Gasteiger partial charge in [0.25, 0.3) is 0 Å². The Morgan fingerprint density at radius 1 is 1.11 bits per heavy atom. The van der Waals surface area contributed by atoms with Crippen molar-refractivity contribution in [2.75, 3.05) is 6.79 Å². The summed E-state index contributed by atoms with van der Waals surface area (Å²) in [5.41, 5.74) is 1.08. The Morgan fingerprint density at radius 2 is 1.89 bits per heavy atom. The lowest BCUT2D eigenvalue weighted by Gasteiger charge is -2.34. The third-order valence-corrected chi connectivity index (χ3v) is 5.29. The number of rotatable bonds is 5. The average Bonchev–Trinajstić information content (AvgIpc) is 3.27. The van der Waals surface area contributed by atoms with Crippen LogP contribution in [0.4, 0.5) is 0 Å². The van der Waals surface area contributed by atoms with Crippen LogP contribution in [0.1, 0.15) is 30.9 Å². The molecule has 0 radical (unpaired) electrons. The van der Waals surface area contributed by atoms with Crippen molar-refractivity contribution in [3.63, 3.8) is 0 Å². The van der Waals surface area contributed by atoms with E-state index in [2.05, 4.69) is 5.32 Å². The quantitative estimate of drug-likeness (QED) is 0.883. The molecular formula is C21H22N2O4. The van der Waals surface area contributed by atoms with Gasteiger partial charge in [-0.1, -0.05) is 36.4 Å². The van der Waals surface area contributed by atoms with Gasteiger partial charge < -0.3 is 19.7 Å². The smallest absolute Gasteiger partial charge is 0.245 e. The summed E-state index contributed by atoms with van der Waals surface area (Å²) >= 11 is 0. The molecule has 6 heteroatoms. The molecule has 140 valence electrons. The molecule has 2 aromatic carbocycles. The van der Waals surface area contributed by atoms with Gasteiger partial charge in [-0.3, -0.25) is 9.59 Å². The summed E-state index contributed by atoms with van der Waals surface area (Å²) in [6.45, 7) is 2.86. The maximum absolute atomic E-state index is 12.9. The Labute approximate surface area is 158 Å². The molecular weight excluding hydrogens is 344 g/mol. The molecule has 1 atom stereocenters. The highest BCUT2D eigenvalue weighted by Crippen LogP contribution is 2.36. The number of amides is 2. The summed E-state index contributed by atoms with van der Waals surface area (Å²) < 4.78 is 10.7. The Morgan fingerprint density at radius 3 is 2.70 bits per heavy atom. The Bertz CT molecular complexity index is 868. The van der Waals surface area contributed by atoms with Crippen LogP contribution in [0.2, 0.25) is 0 Å². The first-order valence-electron chi connectivity index (χ1n) is 9.07. The number of fused-ring (bicyclic) bond motifs is 1. The first-order chi connectivity index (χ1) is 13.1. The zero-order valence-corrected chi connectivity index (χ0v) is 15.2. The van der Waals surface area contributed by atoms with Crippen LogP contribution in [0.3, 0.4) is 0 Å². The maximum Gasteiger partial charge on any atom is 0.245 e. The molecule has 1 N–H and O–H groups in total. The fourth-order valence-corrected chi connectivity index (χ4v) is 3.58. The van der Waals surface area contributed by atoms with Crippen LogP contribution in [0.25, 0.3) is 0 Å². The first-order valence-corrected chi connectivity index (χ1v) is 9.07. The van der Waals surface area contributed by atoms with Gasteiger partial charge >= 0.3 is 0 Å². The number of nitrogens with zero attached hydrogens (tertiary/aromatic N) is 1. The van der Waals surface area contributed by atoms with Crippen molar-refractivity contribution in [1.29, 1.82) is 0 Å². The summed E-state index contributed by atoms with van der Waals surface area (Å²) in [6, 6.07) is 15.4. The van der Waals surface area contributed by atoms with Crippen LogP contribution >= 0.6 is 0 Å². The molecule has 4 rings (SSSR count). The fraction of sp³-hybridized carbons (Fsp3) is 0.333. The predicted molar refractivity (Wildman–Crippen MR) is 99.0 cm³/mol. The van der Waals surface area contributed by atoms with E-state index in [1.807, 2.05) is 55.5 Å². The van der Waals surface area contributed by atoms with Gasteiger partial charge in [-0.25, -0.2) is 0 Å². The fourth-order valence-electron chi connectivity index (χ4n) is 3.58. The van der Waals surface area contributed by atoms with E-state index in [-0.39, 0.29) is 18.6 Å². The Hall–Kier alpha value is -3.02. The maximum atomic E-state index is 12.9. The van der Waals surface area contributed by atoms with Crippen LogP contribution in [0.5, 0.6) is 11.5 Å². The second-order valence-corrected chi connectivity index (χ2v) is 7.11. The van der Waals surface area contributed by atoms with Gasteiger partial charge in [0.05, 0.1) is 0 Å². The van der Waals surface area contributed by atoms with Crippen molar-refractivity contribution in [3.05, 3.63) is 59.7 Å². The molecule has 1 saturated heterocycles. The van der Waals surface area contributed by atoms with Crippen molar-refractivity contribution in [3.8, 4) is 11.5 Å². The second-order valence-electron chi connectivity index (χ2n) is 7.11. The molecule has 2 aliphatic heterocycles. The monoisotopic (exact) mass is 366 g/mol. The number of ether oxygens (including phenoxy) is 2. The van der Waals surface area contributed by atoms with Crippen molar-refractivity contribution in [1.82, 2.24) is 10.2 Å². The highest BCUT2D eigenvalue weighted by Gasteiger charge is 2.47. The molecule has 1 unspecified atom stereocenters. The summed E-state index contributed by atoms with van der Waals surface area (Å²) in [4.78, 5) is 27.1. The highest BCUT2D eigenvalue weighted by molar-refractivity contribution is 5.94. The standard InChI is InChI=1S/C21H22N2O4/c1-21(20(25)22-12-15-5-3-2-4-6-15)10-9-19(24)23(21)13-16-7-8-17-18(11-16)27-14-26-17/h2-8,11H,9-10,12-14H2,1H3,(H,22,25). The third-order valence-electron chi connectivity index (χ3n) is 5.29. The van der Waals surface area contributed by atoms with Gasteiger partial charge in [0.2, 0.25) is 18.6 Å². The minimum atomic E-state index is -0.859. The number of nitrogens with one attached hydrogen (secondary N) is 1. The number of carbonyl (C=O) groups excluding carboxylic acids is 2. The second kappa shape index (κ2) is 6.95. The van der Waals surface area contributed by atoms with E-state index in [1.54, 1.807) is 4.90 Å². The van der Waals surface area contributed by atoms with E-state index in [4.69, 9.17) is 9.47 Å². The Kier molecular flexibility index (Phi) is 4.48. The normalized spacial score (nSPS) is 20.8. The first kappa shape index (κ1) is 17.4. The predicted octanol–water partition coefficient (Wildman–Crippen LogP) is 2.61. The third kappa shape index (κ3) is 3.35. The van der Waals surface area contributed by atoms with Gasteiger partial charge in [-0.2, -0.15) is 0 Å². The molecule has 27 heavy (non-hydrogen) atoms. The summed E-state index contributed by atoms with van der Waals surface area (Å²) in [6.07, 6.45) is 0.886. The number of benzene rings is 2. The molecule has 0 spiro atoms. The van der Waals surface area contributed by atoms with Crippen LogP contribution in [0.15, 0.2) is 48.5 Å². The number of likely N-dealkylation sites (tertiary alicyclic amines) is 1. The van der Waals surface area contributed by atoms with Crippen molar-refractivity contribution >= 4 is 11.8 Å². The molecule has 6 nitrogen and oxygen atoms in total. The minimum Gasteiger partial charge on any atom is -0.454 e. The van der Waals surface area contributed by atoms with Gasteiger partial charge in [0, 0.05) is 19.5 Å². The van der Waals surface area contributed by atoms with Gasteiger partial charge in [0.1, 0.15) is 5.54 Å². The Balaban J connectivity index is 1.48. The molecule has 2 heterocycles. The molecule has 2 aliphatic rings. The van der Waals surface area contributed by atoms with Gasteiger partial charge in [-0.15, -0.1) is 0 Å². The summed E-state index contributed by atoms with van der Waals surface area (Å²) in [5.74, 6) is 1.24. The van der Waals surface area contributed by atoms with Gasteiger partial charge in [0.15, 0.2) is 11.5 Å². The van der Waals surface area contributed by atoms with E-state index in [9.17, 15) is 9.59 Å². The lowest BCUT2D eigenvalue weighted by molar-refractivity contribution is -0.141. The van der Waals surface area contributed by atoms with Crippen molar-refractivity contribution in [2.24, 2.45) is 0 Å². The minimum absolute atomic E-state index is 0.00923. The number of hydrogen-bond donors (Lipinski definition) is 1. The molecule has 2 aromatic rings. The molecule has 0 aromatic heterocycles. The van der Waals surface area contributed by atoms with Crippen LogP contribution in [-0.4, -0.2) is 29.0 Å².